The van der Waals surface area contributed by atoms with Crippen molar-refractivity contribution in [1.82, 2.24) is 9.80 Å². The molecular formula is C14H17F3N2O. The zero-order valence-electron chi connectivity index (χ0n) is 11.4. The highest BCUT2D eigenvalue weighted by Crippen LogP contribution is 2.29. The van der Waals surface area contributed by atoms with Crippen molar-refractivity contribution in [2.75, 3.05) is 26.7 Å². The number of carbonyl (C=O) groups excluding carboxylic acids is 1. The molecule has 0 bridgehead atoms. The minimum Gasteiger partial charge on any atom is -0.333 e. The lowest BCUT2D eigenvalue weighted by atomic mass is 10.1. The first-order chi connectivity index (χ1) is 9.29. The number of likely N-dealkylation sites (N-methyl/N-ethyl adjacent to an activating group) is 1. The Bertz CT molecular complexity index is 484. The van der Waals surface area contributed by atoms with Gasteiger partial charge in [-0.15, -0.1) is 0 Å². The monoisotopic (exact) mass is 286 g/mol. The number of benzene rings is 1. The normalized spacial score (nSPS) is 21.1. The number of alkyl halides is 3. The highest BCUT2D eigenvalue weighted by molar-refractivity contribution is 5.94. The zero-order valence-corrected chi connectivity index (χ0v) is 11.4. The molecule has 1 unspecified atom stereocenters. The molecule has 1 aromatic carbocycles. The van der Waals surface area contributed by atoms with Crippen LogP contribution in [0.15, 0.2) is 24.3 Å². The van der Waals surface area contributed by atoms with Crippen molar-refractivity contribution in [1.29, 1.82) is 0 Å². The molecule has 1 aliphatic heterocycles. The summed E-state index contributed by atoms with van der Waals surface area (Å²) in [7, 11) is 1.98. The molecule has 0 N–H and O–H groups in total. The van der Waals surface area contributed by atoms with Gasteiger partial charge in [-0.05, 0) is 38.2 Å². The Hall–Kier alpha value is -1.56. The third-order valence-electron chi connectivity index (χ3n) is 3.55. The average Bonchev–Trinajstić information content (AvgIpc) is 2.37. The molecule has 1 amide bonds. The van der Waals surface area contributed by atoms with Gasteiger partial charge < -0.3 is 9.80 Å². The maximum Gasteiger partial charge on any atom is 0.416 e. The van der Waals surface area contributed by atoms with Crippen molar-refractivity contribution < 1.29 is 18.0 Å². The van der Waals surface area contributed by atoms with Crippen molar-refractivity contribution in [3.05, 3.63) is 35.4 Å². The Morgan fingerprint density at radius 2 is 1.80 bits per heavy atom. The van der Waals surface area contributed by atoms with Crippen LogP contribution in [-0.4, -0.2) is 48.4 Å². The lowest BCUT2D eigenvalue weighted by Gasteiger charge is -2.38. The van der Waals surface area contributed by atoms with E-state index in [1.54, 1.807) is 4.90 Å². The summed E-state index contributed by atoms with van der Waals surface area (Å²) in [5.41, 5.74) is -0.435. The van der Waals surface area contributed by atoms with Gasteiger partial charge >= 0.3 is 6.18 Å². The summed E-state index contributed by atoms with van der Waals surface area (Å²) in [6.07, 6.45) is -4.37. The van der Waals surface area contributed by atoms with E-state index in [0.29, 0.717) is 12.1 Å². The number of piperazine rings is 1. The van der Waals surface area contributed by atoms with Gasteiger partial charge in [-0.1, -0.05) is 0 Å². The highest BCUT2D eigenvalue weighted by Gasteiger charge is 2.31. The molecular weight excluding hydrogens is 269 g/mol. The number of rotatable bonds is 1. The quantitative estimate of drug-likeness (QED) is 0.792. The van der Waals surface area contributed by atoms with E-state index < -0.39 is 11.7 Å². The molecule has 1 fully saturated rings. The topological polar surface area (TPSA) is 23.6 Å². The lowest BCUT2D eigenvalue weighted by molar-refractivity contribution is -0.137. The molecule has 0 saturated carbocycles. The Balaban J connectivity index is 2.13. The first-order valence-corrected chi connectivity index (χ1v) is 6.46. The Kier molecular flexibility index (Phi) is 4.04. The van der Waals surface area contributed by atoms with Crippen LogP contribution in [0.2, 0.25) is 0 Å². The second-order valence-electron chi connectivity index (χ2n) is 5.18. The number of halogens is 3. The van der Waals surface area contributed by atoms with Crippen molar-refractivity contribution >= 4 is 5.91 Å². The van der Waals surface area contributed by atoms with Gasteiger partial charge in [-0.3, -0.25) is 4.79 Å². The van der Waals surface area contributed by atoms with Crippen molar-refractivity contribution in [3.8, 4) is 0 Å². The molecule has 1 aromatic rings. The summed E-state index contributed by atoms with van der Waals surface area (Å²) < 4.78 is 37.4. The number of nitrogens with zero attached hydrogens (tertiary/aromatic N) is 2. The van der Waals surface area contributed by atoms with E-state index >= 15 is 0 Å². The molecule has 0 aromatic heterocycles. The predicted molar refractivity (Wildman–Crippen MR) is 69.4 cm³/mol. The van der Waals surface area contributed by atoms with Crippen LogP contribution in [0.4, 0.5) is 13.2 Å². The van der Waals surface area contributed by atoms with Crippen LogP contribution < -0.4 is 0 Å². The van der Waals surface area contributed by atoms with Gasteiger partial charge in [0.15, 0.2) is 0 Å². The molecule has 2 rings (SSSR count). The summed E-state index contributed by atoms with van der Waals surface area (Å²) in [6, 6.07) is 4.46. The molecule has 6 heteroatoms. The zero-order chi connectivity index (χ0) is 14.9. The summed E-state index contributed by atoms with van der Waals surface area (Å²) in [5, 5.41) is 0. The molecule has 3 nitrogen and oxygen atoms in total. The van der Waals surface area contributed by atoms with Gasteiger partial charge in [-0.2, -0.15) is 13.2 Å². The van der Waals surface area contributed by atoms with Gasteiger partial charge in [0.05, 0.1) is 5.56 Å². The molecule has 1 saturated heterocycles. The maximum atomic E-state index is 12.5. The smallest absolute Gasteiger partial charge is 0.333 e. The van der Waals surface area contributed by atoms with E-state index in [1.165, 1.54) is 12.1 Å². The van der Waals surface area contributed by atoms with Crippen LogP contribution in [0, 0.1) is 0 Å². The fraction of sp³-hybridized carbons (Fsp3) is 0.500. The van der Waals surface area contributed by atoms with Gasteiger partial charge in [0, 0.05) is 31.2 Å². The number of amides is 1. The average molecular weight is 286 g/mol. The molecule has 1 aliphatic rings. The minimum absolute atomic E-state index is 0.0588. The molecule has 1 atom stereocenters. The van der Waals surface area contributed by atoms with E-state index in [-0.39, 0.29) is 11.9 Å². The van der Waals surface area contributed by atoms with Crippen LogP contribution >= 0.6 is 0 Å². The standard InChI is InChI=1S/C14H17F3N2O/c1-10-9-18(2)7-8-19(10)13(20)11-3-5-12(6-4-11)14(15,16)17/h3-6,10H,7-9H2,1-2H3. The predicted octanol–water partition coefficient (Wildman–Crippen LogP) is 2.48. The molecule has 0 spiro atoms. The third kappa shape index (κ3) is 3.12. The summed E-state index contributed by atoms with van der Waals surface area (Å²) in [5.74, 6) is -0.209. The lowest BCUT2D eigenvalue weighted by Crippen LogP contribution is -2.52. The van der Waals surface area contributed by atoms with Gasteiger partial charge in [0.25, 0.3) is 5.91 Å². The summed E-state index contributed by atoms with van der Waals surface area (Å²) in [4.78, 5) is 16.1. The van der Waals surface area contributed by atoms with E-state index in [0.717, 1.165) is 25.2 Å². The fourth-order valence-electron chi connectivity index (χ4n) is 2.41. The minimum atomic E-state index is -4.37. The second kappa shape index (κ2) is 5.44. The van der Waals surface area contributed by atoms with E-state index in [4.69, 9.17) is 0 Å². The van der Waals surface area contributed by atoms with Crippen LogP contribution in [0.25, 0.3) is 0 Å². The van der Waals surface area contributed by atoms with Crippen molar-refractivity contribution in [3.63, 3.8) is 0 Å². The largest absolute Gasteiger partial charge is 0.416 e. The Morgan fingerprint density at radius 1 is 1.20 bits per heavy atom. The molecule has 110 valence electrons. The summed E-state index contributed by atoms with van der Waals surface area (Å²) in [6.45, 7) is 4.08. The molecule has 0 aliphatic carbocycles. The third-order valence-corrected chi connectivity index (χ3v) is 3.55. The van der Waals surface area contributed by atoms with Gasteiger partial charge in [0.1, 0.15) is 0 Å². The number of carbonyl (C=O) groups is 1. The summed E-state index contributed by atoms with van der Waals surface area (Å²) >= 11 is 0. The fourth-order valence-corrected chi connectivity index (χ4v) is 2.41. The maximum absolute atomic E-state index is 12.5. The van der Waals surface area contributed by atoms with Gasteiger partial charge in [0.2, 0.25) is 0 Å². The first-order valence-electron chi connectivity index (χ1n) is 6.46. The van der Waals surface area contributed by atoms with Crippen LogP contribution in [0.1, 0.15) is 22.8 Å². The van der Waals surface area contributed by atoms with Crippen LogP contribution in [0.3, 0.4) is 0 Å². The van der Waals surface area contributed by atoms with Crippen molar-refractivity contribution in [2.24, 2.45) is 0 Å². The SMILES string of the molecule is CC1CN(C)CCN1C(=O)c1ccc(C(F)(F)F)cc1. The Labute approximate surface area is 116 Å². The second-order valence-corrected chi connectivity index (χ2v) is 5.18. The first kappa shape index (κ1) is 14.8. The van der Waals surface area contributed by atoms with E-state index in [9.17, 15) is 18.0 Å². The van der Waals surface area contributed by atoms with E-state index in [2.05, 4.69) is 4.90 Å². The Morgan fingerprint density at radius 3 is 2.30 bits per heavy atom. The van der Waals surface area contributed by atoms with Crippen LogP contribution in [-0.2, 0) is 6.18 Å². The molecule has 1 heterocycles. The number of hydrogen-bond acceptors (Lipinski definition) is 2. The van der Waals surface area contributed by atoms with Crippen LogP contribution in [0.5, 0.6) is 0 Å². The highest BCUT2D eigenvalue weighted by atomic mass is 19.4. The number of hydrogen-bond donors (Lipinski definition) is 0. The molecule has 20 heavy (non-hydrogen) atoms. The van der Waals surface area contributed by atoms with Crippen molar-refractivity contribution in [2.45, 2.75) is 19.1 Å². The molecule has 0 radical (unpaired) electrons. The van der Waals surface area contributed by atoms with Gasteiger partial charge in [-0.25, -0.2) is 0 Å². The van der Waals surface area contributed by atoms with E-state index in [1.807, 2.05) is 14.0 Å².